The SMILES string of the molecule is CCOCCCNC(=O)c1cccc(CC(N)=S)c1. The van der Waals surface area contributed by atoms with Crippen LogP contribution < -0.4 is 11.1 Å². The quantitative estimate of drug-likeness (QED) is 0.561. The largest absolute Gasteiger partial charge is 0.393 e. The van der Waals surface area contributed by atoms with Crippen molar-refractivity contribution >= 4 is 23.1 Å². The van der Waals surface area contributed by atoms with E-state index in [1.807, 2.05) is 25.1 Å². The third kappa shape index (κ3) is 6.31. The lowest BCUT2D eigenvalue weighted by atomic mass is 10.1. The van der Waals surface area contributed by atoms with Gasteiger partial charge in [-0.2, -0.15) is 0 Å². The van der Waals surface area contributed by atoms with Gasteiger partial charge < -0.3 is 15.8 Å². The van der Waals surface area contributed by atoms with Crippen molar-refractivity contribution in [3.63, 3.8) is 0 Å². The molecule has 19 heavy (non-hydrogen) atoms. The van der Waals surface area contributed by atoms with Crippen molar-refractivity contribution in [3.8, 4) is 0 Å². The number of rotatable bonds is 8. The Morgan fingerprint density at radius 1 is 1.47 bits per heavy atom. The minimum atomic E-state index is -0.0821. The van der Waals surface area contributed by atoms with Crippen LogP contribution in [0.3, 0.4) is 0 Å². The Hall–Kier alpha value is -1.46. The van der Waals surface area contributed by atoms with Gasteiger partial charge in [-0.15, -0.1) is 0 Å². The molecule has 0 saturated heterocycles. The Morgan fingerprint density at radius 3 is 2.95 bits per heavy atom. The van der Waals surface area contributed by atoms with Crippen molar-refractivity contribution in [1.29, 1.82) is 0 Å². The van der Waals surface area contributed by atoms with Crippen LogP contribution in [0.4, 0.5) is 0 Å². The standard InChI is InChI=1S/C14H20N2O2S/c1-2-18-8-4-7-16-14(17)12-6-3-5-11(9-12)10-13(15)19/h3,5-6,9H,2,4,7-8,10H2,1H3,(H2,15,19)(H,16,17). The van der Waals surface area contributed by atoms with Crippen molar-refractivity contribution in [2.45, 2.75) is 19.8 Å². The number of amides is 1. The van der Waals surface area contributed by atoms with Gasteiger partial charge in [0.2, 0.25) is 0 Å². The number of nitrogens with one attached hydrogen (secondary N) is 1. The van der Waals surface area contributed by atoms with Gasteiger partial charge in [0, 0.05) is 31.7 Å². The van der Waals surface area contributed by atoms with Crippen LogP contribution in [0.1, 0.15) is 29.3 Å². The molecule has 3 N–H and O–H groups in total. The minimum Gasteiger partial charge on any atom is -0.393 e. The fourth-order valence-corrected chi connectivity index (χ4v) is 1.81. The molecule has 1 aromatic carbocycles. The van der Waals surface area contributed by atoms with Crippen LogP contribution in [-0.4, -0.2) is 30.7 Å². The van der Waals surface area contributed by atoms with E-state index in [4.69, 9.17) is 22.7 Å². The number of carbonyl (C=O) groups excluding carboxylic acids is 1. The zero-order valence-electron chi connectivity index (χ0n) is 11.1. The summed E-state index contributed by atoms with van der Waals surface area (Å²) in [7, 11) is 0. The van der Waals surface area contributed by atoms with Gasteiger partial charge >= 0.3 is 0 Å². The Morgan fingerprint density at radius 2 is 2.26 bits per heavy atom. The van der Waals surface area contributed by atoms with E-state index in [2.05, 4.69) is 5.32 Å². The highest BCUT2D eigenvalue weighted by molar-refractivity contribution is 7.80. The molecule has 5 heteroatoms. The van der Waals surface area contributed by atoms with Crippen LogP contribution in [0.2, 0.25) is 0 Å². The van der Waals surface area contributed by atoms with Gasteiger partial charge in [-0.05, 0) is 31.0 Å². The molecule has 104 valence electrons. The summed E-state index contributed by atoms with van der Waals surface area (Å²) in [6.07, 6.45) is 1.33. The molecule has 1 rings (SSSR count). The summed E-state index contributed by atoms with van der Waals surface area (Å²) in [6.45, 7) is 3.93. The molecule has 0 fully saturated rings. The van der Waals surface area contributed by atoms with E-state index in [0.717, 1.165) is 12.0 Å². The minimum absolute atomic E-state index is 0.0821. The van der Waals surface area contributed by atoms with E-state index in [9.17, 15) is 4.79 Å². The van der Waals surface area contributed by atoms with Crippen LogP contribution in [0.5, 0.6) is 0 Å². The van der Waals surface area contributed by atoms with Crippen molar-refractivity contribution in [1.82, 2.24) is 5.32 Å². The molecule has 0 radical (unpaired) electrons. The van der Waals surface area contributed by atoms with Crippen LogP contribution in [-0.2, 0) is 11.2 Å². The summed E-state index contributed by atoms with van der Waals surface area (Å²) in [4.78, 5) is 12.3. The number of carbonyl (C=O) groups is 1. The third-order valence-corrected chi connectivity index (χ3v) is 2.67. The number of nitrogens with two attached hydrogens (primary N) is 1. The number of hydrogen-bond donors (Lipinski definition) is 2. The molecule has 0 heterocycles. The Bertz CT molecular complexity index is 435. The molecule has 1 aromatic rings. The average molecular weight is 280 g/mol. The average Bonchev–Trinajstić information content (AvgIpc) is 2.38. The molecule has 0 aliphatic carbocycles. The molecule has 0 aromatic heterocycles. The van der Waals surface area contributed by atoms with E-state index in [0.29, 0.717) is 36.7 Å². The van der Waals surface area contributed by atoms with Crippen molar-refractivity contribution in [3.05, 3.63) is 35.4 Å². The number of ether oxygens (including phenoxy) is 1. The second kappa shape index (κ2) is 8.61. The highest BCUT2D eigenvalue weighted by Gasteiger charge is 2.05. The molecule has 0 aliphatic rings. The van der Waals surface area contributed by atoms with Crippen LogP contribution in [0.15, 0.2) is 24.3 Å². The fourth-order valence-electron chi connectivity index (χ4n) is 1.65. The van der Waals surface area contributed by atoms with E-state index in [1.165, 1.54) is 0 Å². The monoisotopic (exact) mass is 280 g/mol. The predicted molar refractivity (Wildman–Crippen MR) is 80.4 cm³/mol. The zero-order valence-corrected chi connectivity index (χ0v) is 12.0. The zero-order chi connectivity index (χ0) is 14.1. The summed E-state index contributed by atoms with van der Waals surface area (Å²) < 4.78 is 5.20. The smallest absolute Gasteiger partial charge is 0.251 e. The molecule has 0 atom stereocenters. The molecule has 0 unspecified atom stereocenters. The fraction of sp³-hybridized carbons (Fsp3) is 0.429. The van der Waals surface area contributed by atoms with E-state index < -0.39 is 0 Å². The lowest BCUT2D eigenvalue weighted by molar-refractivity contribution is 0.0944. The maximum atomic E-state index is 11.9. The molecule has 4 nitrogen and oxygen atoms in total. The van der Waals surface area contributed by atoms with Crippen LogP contribution in [0, 0.1) is 0 Å². The molecule has 0 bridgehead atoms. The number of hydrogen-bond acceptors (Lipinski definition) is 3. The van der Waals surface area contributed by atoms with Crippen LogP contribution >= 0.6 is 12.2 Å². The van der Waals surface area contributed by atoms with E-state index in [1.54, 1.807) is 6.07 Å². The highest BCUT2D eigenvalue weighted by atomic mass is 32.1. The Kier molecular flexibility index (Phi) is 7.07. The topological polar surface area (TPSA) is 64.3 Å². The lowest BCUT2D eigenvalue weighted by Crippen LogP contribution is -2.25. The maximum absolute atomic E-state index is 11.9. The summed E-state index contributed by atoms with van der Waals surface area (Å²) in [5, 5.41) is 2.86. The number of thiocarbonyl (C=S) groups is 1. The number of benzene rings is 1. The van der Waals surface area contributed by atoms with Gasteiger partial charge in [-0.3, -0.25) is 4.79 Å². The molecule has 1 amide bonds. The van der Waals surface area contributed by atoms with Crippen molar-refractivity contribution < 1.29 is 9.53 Å². The van der Waals surface area contributed by atoms with E-state index in [-0.39, 0.29) is 5.91 Å². The summed E-state index contributed by atoms with van der Waals surface area (Å²) >= 11 is 4.86. The van der Waals surface area contributed by atoms with Crippen molar-refractivity contribution in [2.24, 2.45) is 5.73 Å². The first-order valence-electron chi connectivity index (χ1n) is 6.36. The highest BCUT2D eigenvalue weighted by Crippen LogP contribution is 2.06. The third-order valence-electron chi connectivity index (χ3n) is 2.52. The first-order chi connectivity index (χ1) is 9.13. The molecular weight excluding hydrogens is 260 g/mol. The van der Waals surface area contributed by atoms with Gasteiger partial charge in [-0.25, -0.2) is 0 Å². The Balaban J connectivity index is 2.45. The molecule has 0 aliphatic heterocycles. The van der Waals surface area contributed by atoms with Gasteiger partial charge in [0.1, 0.15) is 0 Å². The summed E-state index contributed by atoms with van der Waals surface area (Å²) in [6, 6.07) is 7.34. The Labute approximate surface area is 119 Å². The molecular formula is C14H20N2O2S. The maximum Gasteiger partial charge on any atom is 0.251 e. The van der Waals surface area contributed by atoms with Gasteiger partial charge in [0.05, 0.1) is 4.99 Å². The van der Waals surface area contributed by atoms with Gasteiger partial charge in [0.15, 0.2) is 0 Å². The summed E-state index contributed by atoms with van der Waals surface area (Å²) in [5.74, 6) is -0.0821. The lowest BCUT2D eigenvalue weighted by Gasteiger charge is -2.07. The van der Waals surface area contributed by atoms with Crippen LogP contribution in [0.25, 0.3) is 0 Å². The van der Waals surface area contributed by atoms with Gasteiger partial charge in [-0.1, -0.05) is 24.4 Å². The first-order valence-corrected chi connectivity index (χ1v) is 6.77. The first kappa shape index (κ1) is 15.6. The van der Waals surface area contributed by atoms with Gasteiger partial charge in [0.25, 0.3) is 5.91 Å². The molecule has 0 saturated carbocycles. The second-order valence-electron chi connectivity index (χ2n) is 4.15. The van der Waals surface area contributed by atoms with Crippen molar-refractivity contribution in [2.75, 3.05) is 19.8 Å². The predicted octanol–water partition coefficient (Wildman–Crippen LogP) is 1.67. The second-order valence-corrected chi connectivity index (χ2v) is 4.67. The molecule has 0 spiro atoms. The normalized spacial score (nSPS) is 10.2. The van der Waals surface area contributed by atoms with E-state index >= 15 is 0 Å². The summed E-state index contributed by atoms with van der Waals surface area (Å²) in [5.41, 5.74) is 7.08.